The normalized spacial score (nSPS) is 14.7. The molecule has 0 fully saturated rings. The molecule has 2 heterocycles. The van der Waals surface area contributed by atoms with Crippen molar-refractivity contribution in [3.63, 3.8) is 0 Å². The number of pyridine rings is 1. The molecule has 1 aliphatic heterocycles. The molecule has 1 aliphatic rings. The lowest BCUT2D eigenvalue weighted by Gasteiger charge is -2.17. The van der Waals surface area contributed by atoms with Crippen LogP contribution in [0.25, 0.3) is 6.08 Å². The largest absolute Gasteiger partial charge is 0.492 e. The van der Waals surface area contributed by atoms with Gasteiger partial charge in [0, 0.05) is 11.8 Å². The molecule has 0 bridgehead atoms. The third-order valence-electron chi connectivity index (χ3n) is 2.10. The van der Waals surface area contributed by atoms with Crippen LogP contribution in [-0.2, 0) is 6.42 Å². The van der Waals surface area contributed by atoms with E-state index in [0.717, 1.165) is 30.8 Å². The number of fused-ring (bicyclic) bond motifs is 1. The topological polar surface area (TPSA) is 22.1 Å². The second-order valence-corrected chi connectivity index (χ2v) is 2.86. The Balaban J connectivity index is 2.51. The van der Waals surface area contributed by atoms with Crippen LogP contribution in [0.1, 0.15) is 17.5 Å². The molecule has 0 N–H and O–H groups in total. The maximum atomic E-state index is 5.46. The van der Waals surface area contributed by atoms with E-state index < -0.39 is 0 Å². The van der Waals surface area contributed by atoms with E-state index in [-0.39, 0.29) is 0 Å². The number of hydrogen-bond acceptors (Lipinski definition) is 2. The van der Waals surface area contributed by atoms with Crippen LogP contribution < -0.4 is 4.74 Å². The molecule has 2 rings (SSSR count). The van der Waals surface area contributed by atoms with E-state index in [2.05, 4.69) is 11.6 Å². The van der Waals surface area contributed by atoms with Gasteiger partial charge in [-0.2, -0.15) is 0 Å². The van der Waals surface area contributed by atoms with Crippen molar-refractivity contribution in [2.24, 2.45) is 0 Å². The summed E-state index contributed by atoms with van der Waals surface area (Å²) in [5.74, 6) is 0.929. The molecule has 2 nitrogen and oxygen atoms in total. The van der Waals surface area contributed by atoms with Gasteiger partial charge in [0.25, 0.3) is 0 Å². The number of aromatic nitrogens is 1. The summed E-state index contributed by atoms with van der Waals surface area (Å²) in [6.07, 6.45) is 7.62. The summed E-state index contributed by atoms with van der Waals surface area (Å²) < 4.78 is 5.46. The lowest BCUT2D eigenvalue weighted by atomic mass is 10.0. The van der Waals surface area contributed by atoms with Gasteiger partial charge >= 0.3 is 0 Å². The average molecular weight is 161 g/mol. The Hall–Kier alpha value is -1.31. The van der Waals surface area contributed by atoms with Gasteiger partial charge in [-0.05, 0) is 18.4 Å². The van der Waals surface area contributed by atoms with Gasteiger partial charge in [0.05, 0.1) is 12.8 Å². The monoisotopic (exact) mass is 161 g/mol. The number of rotatable bonds is 1. The van der Waals surface area contributed by atoms with Crippen molar-refractivity contribution in [2.45, 2.75) is 12.8 Å². The Morgan fingerprint density at radius 3 is 3.25 bits per heavy atom. The molecule has 0 aromatic carbocycles. The lowest BCUT2D eigenvalue weighted by Crippen LogP contribution is -2.09. The second kappa shape index (κ2) is 2.97. The predicted octanol–water partition coefficient (Wildman–Crippen LogP) is 2.05. The van der Waals surface area contributed by atoms with Gasteiger partial charge in [-0.15, -0.1) is 0 Å². The van der Waals surface area contributed by atoms with Crippen LogP contribution in [0.3, 0.4) is 0 Å². The van der Waals surface area contributed by atoms with Gasteiger partial charge in [-0.1, -0.05) is 12.7 Å². The van der Waals surface area contributed by atoms with E-state index in [4.69, 9.17) is 4.74 Å². The average Bonchev–Trinajstić information content (AvgIpc) is 2.17. The van der Waals surface area contributed by atoms with E-state index in [1.807, 2.05) is 12.3 Å². The zero-order valence-corrected chi connectivity index (χ0v) is 6.92. The fourth-order valence-electron chi connectivity index (χ4n) is 1.48. The zero-order chi connectivity index (χ0) is 8.39. The molecule has 0 aliphatic carbocycles. The molecule has 1 aromatic heterocycles. The van der Waals surface area contributed by atoms with E-state index in [0.29, 0.717) is 0 Å². The molecule has 12 heavy (non-hydrogen) atoms. The fraction of sp³-hybridized carbons (Fsp3) is 0.300. The van der Waals surface area contributed by atoms with Crippen molar-refractivity contribution < 1.29 is 4.74 Å². The number of hydrogen-bond donors (Lipinski definition) is 0. The molecule has 2 heteroatoms. The first-order chi connectivity index (χ1) is 5.92. The Morgan fingerprint density at radius 1 is 1.50 bits per heavy atom. The summed E-state index contributed by atoms with van der Waals surface area (Å²) in [7, 11) is 0. The van der Waals surface area contributed by atoms with Crippen molar-refractivity contribution in [3.8, 4) is 5.75 Å². The third-order valence-corrected chi connectivity index (χ3v) is 2.10. The Morgan fingerprint density at radius 2 is 2.42 bits per heavy atom. The standard InChI is InChI=1S/C10H11NO/c1-2-8-6-11-7-10-9(8)4-3-5-12-10/h2,6-7H,1,3-5H2. The summed E-state index contributed by atoms with van der Waals surface area (Å²) in [5, 5.41) is 0. The molecule has 0 amide bonds. The zero-order valence-electron chi connectivity index (χ0n) is 6.92. The van der Waals surface area contributed by atoms with Gasteiger partial charge in [0.2, 0.25) is 0 Å². The number of nitrogens with zero attached hydrogens (tertiary/aromatic N) is 1. The van der Waals surface area contributed by atoms with Gasteiger partial charge in [-0.3, -0.25) is 4.98 Å². The molecule has 0 saturated heterocycles. The van der Waals surface area contributed by atoms with Crippen LogP contribution in [0.15, 0.2) is 19.0 Å². The maximum Gasteiger partial charge on any atom is 0.141 e. The van der Waals surface area contributed by atoms with Crippen LogP contribution in [0.4, 0.5) is 0 Å². The van der Waals surface area contributed by atoms with Crippen molar-refractivity contribution in [3.05, 3.63) is 30.1 Å². The SMILES string of the molecule is C=Cc1cncc2c1CCCO2. The molecule has 0 spiro atoms. The summed E-state index contributed by atoms with van der Waals surface area (Å²) in [6.45, 7) is 4.56. The maximum absolute atomic E-state index is 5.46. The van der Waals surface area contributed by atoms with Crippen LogP contribution in [0.5, 0.6) is 5.75 Å². The van der Waals surface area contributed by atoms with E-state index in [1.165, 1.54) is 5.56 Å². The molecule has 0 radical (unpaired) electrons. The van der Waals surface area contributed by atoms with Crippen molar-refractivity contribution >= 4 is 6.08 Å². The highest BCUT2D eigenvalue weighted by Gasteiger charge is 2.12. The number of ether oxygens (including phenoxy) is 1. The molecule has 1 aromatic rings. The minimum Gasteiger partial charge on any atom is -0.492 e. The van der Waals surface area contributed by atoms with Crippen LogP contribution in [-0.4, -0.2) is 11.6 Å². The van der Waals surface area contributed by atoms with Crippen LogP contribution in [0.2, 0.25) is 0 Å². The van der Waals surface area contributed by atoms with Gasteiger partial charge in [0.1, 0.15) is 5.75 Å². The highest BCUT2D eigenvalue weighted by molar-refractivity contribution is 5.55. The van der Waals surface area contributed by atoms with E-state index in [1.54, 1.807) is 6.20 Å². The highest BCUT2D eigenvalue weighted by atomic mass is 16.5. The molecule has 0 saturated carbocycles. The first-order valence-corrected chi connectivity index (χ1v) is 4.14. The second-order valence-electron chi connectivity index (χ2n) is 2.86. The summed E-state index contributed by atoms with van der Waals surface area (Å²) in [6, 6.07) is 0. The van der Waals surface area contributed by atoms with Crippen molar-refractivity contribution in [1.82, 2.24) is 4.98 Å². The first-order valence-electron chi connectivity index (χ1n) is 4.14. The Kier molecular flexibility index (Phi) is 1.82. The summed E-state index contributed by atoms with van der Waals surface area (Å²) >= 11 is 0. The van der Waals surface area contributed by atoms with E-state index >= 15 is 0 Å². The smallest absolute Gasteiger partial charge is 0.141 e. The predicted molar refractivity (Wildman–Crippen MR) is 48.1 cm³/mol. The Labute approximate surface area is 71.9 Å². The van der Waals surface area contributed by atoms with E-state index in [9.17, 15) is 0 Å². The Bertz CT molecular complexity index is 307. The van der Waals surface area contributed by atoms with Gasteiger partial charge in [0.15, 0.2) is 0 Å². The summed E-state index contributed by atoms with van der Waals surface area (Å²) in [4.78, 5) is 4.07. The molecule has 0 unspecified atom stereocenters. The minimum absolute atomic E-state index is 0.815. The van der Waals surface area contributed by atoms with Gasteiger partial charge in [-0.25, -0.2) is 0 Å². The lowest BCUT2D eigenvalue weighted by molar-refractivity contribution is 0.287. The van der Waals surface area contributed by atoms with Crippen molar-refractivity contribution in [1.29, 1.82) is 0 Å². The van der Waals surface area contributed by atoms with Crippen LogP contribution >= 0.6 is 0 Å². The molecular weight excluding hydrogens is 150 g/mol. The molecule has 62 valence electrons. The summed E-state index contributed by atoms with van der Waals surface area (Å²) in [5.41, 5.74) is 2.36. The minimum atomic E-state index is 0.815. The fourth-order valence-corrected chi connectivity index (χ4v) is 1.48. The highest BCUT2D eigenvalue weighted by Crippen LogP contribution is 2.26. The molecule has 0 atom stereocenters. The van der Waals surface area contributed by atoms with Crippen LogP contribution in [0, 0.1) is 0 Å². The molecular formula is C10H11NO. The van der Waals surface area contributed by atoms with Crippen molar-refractivity contribution in [2.75, 3.05) is 6.61 Å². The third kappa shape index (κ3) is 1.09. The first kappa shape index (κ1) is 7.35. The quantitative estimate of drug-likeness (QED) is 0.629. The van der Waals surface area contributed by atoms with Gasteiger partial charge < -0.3 is 4.74 Å².